The maximum atomic E-state index is 5.78. The molecular formula is C20H32N4O. The van der Waals surface area contributed by atoms with E-state index in [0.29, 0.717) is 6.10 Å². The molecule has 1 aromatic rings. The smallest absolute Gasteiger partial charge is 0.133 e. The number of ether oxygens (including phenoxy) is 1. The van der Waals surface area contributed by atoms with Crippen LogP contribution in [0.25, 0.3) is 0 Å². The predicted molar refractivity (Wildman–Crippen MR) is 100 cm³/mol. The van der Waals surface area contributed by atoms with Crippen molar-refractivity contribution in [1.82, 2.24) is 15.3 Å². The van der Waals surface area contributed by atoms with E-state index in [1.54, 1.807) is 0 Å². The molecule has 1 unspecified atom stereocenters. The lowest BCUT2D eigenvalue weighted by Crippen LogP contribution is -2.22. The summed E-state index contributed by atoms with van der Waals surface area (Å²) in [4.78, 5) is 9.96. The average Bonchev–Trinajstić information content (AvgIpc) is 3.05. The van der Waals surface area contributed by atoms with Gasteiger partial charge >= 0.3 is 0 Å². The summed E-state index contributed by atoms with van der Waals surface area (Å²) in [5.41, 5.74) is 2.59. The second-order valence-electron chi connectivity index (χ2n) is 7.89. The molecule has 3 heterocycles. The Bertz CT molecular complexity index is 565. The molecule has 0 amide bonds. The van der Waals surface area contributed by atoms with Gasteiger partial charge < -0.3 is 15.4 Å². The van der Waals surface area contributed by atoms with Gasteiger partial charge in [0.1, 0.15) is 11.6 Å². The van der Waals surface area contributed by atoms with Crippen molar-refractivity contribution in [3.05, 3.63) is 17.1 Å². The Morgan fingerprint density at radius 2 is 1.88 bits per heavy atom. The van der Waals surface area contributed by atoms with Crippen LogP contribution in [0.2, 0.25) is 0 Å². The van der Waals surface area contributed by atoms with Gasteiger partial charge in [0.25, 0.3) is 0 Å². The molecule has 0 radical (unpaired) electrons. The summed E-state index contributed by atoms with van der Waals surface area (Å²) in [6.45, 7) is 3.83. The maximum absolute atomic E-state index is 5.78. The summed E-state index contributed by atoms with van der Waals surface area (Å²) >= 11 is 0. The lowest BCUT2D eigenvalue weighted by atomic mass is 9.87. The van der Waals surface area contributed by atoms with E-state index in [4.69, 9.17) is 14.7 Å². The van der Waals surface area contributed by atoms with Crippen LogP contribution in [0, 0.1) is 5.92 Å². The summed E-state index contributed by atoms with van der Waals surface area (Å²) in [6, 6.07) is 0. The standard InChI is InChI=1S/C20H32N4O/c1-2-5-15(6-3-1)13-19-23-18-9-11-21-10-8-17(18)20(24-19)22-14-16-7-4-12-25-16/h15-16,21H,1-14H2,(H,22,23,24). The largest absolute Gasteiger partial charge is 0.376 e. The molecular weight excluding hydrogens is 312 g/mol. The van der Waals surface area contributed by atoms with Crippen LogP contribution in [-0.4, -0.2) is 42.3 Å². The van der Waals surface area contributed by atoms with Crippen molar-refractivity contribution in [3.63, 3.8) is 0 Å². The first-order chi connectivity index (χ1) is 12.4. The number of hydrogen-bond acceptors (Lipinski definition) is 5. The zero-order valence-corrected chi connectivity index (χ0v) is 15.4. The predicted octanol–water partition coefficient (Wildman–Crippen LogP) is 2.88. The lowest BCUT2D eigenvalue weighted by molar-refractivity contribution is 0.120. The van der Waals surface area contributed by atoms with Crippen LogP contribution in [0.5, 0.6) is 0 Å². The van der Waals surface area contributed by atoms with E-state index in [0.717, 1.165) is 69.5 Å². The number of aromatic nitrogens is 2. The second-order valence-corrected chi connectivity index (χ2v) is 7.89. The van der Waals surface area contributed by atoms with E-state index in [2.05, 4.69) is 10.6 Å². The fourth-order valence-corrected chi connectivity index (χ4v) is 4.50. The third-order valence-electron chi connectivity index (χ3n) is 5.95. The summed E-state index contributed by atoms with van der Waals surface area (Å²) in [5, 5.41) is 7.12. The molecule has 5 heteroatoms. The first kappa shape index (κ1) is 17.2. The molecule has 2 fully saturated rings. The van der Waals surface area contributed by atoms with Crippen LogP contribution >= 0.6 is 0 Å². The van der Waals surface area contributed by atoms with Gasteiger partial charge in [-0.05, 0) is 31.7 Å². The van der Waals surface area contributed by atoms with Crippen molar-refractivity contribution in [1.29, 1.82) is 0 Å². The number of rotatable bonds is 5. The fraction of sp³-hybridized carbons (Fsp3) is 0.800. The molecule has 1 atom stereocenters. The molecule has 5 nitrogen and oxygen atoms in total. The highest BCUT2D eigenvalue weighted by molar-refractivity contribution is 5.48. The first-order valence-electron chi connectivity index (χ1n) is 10.3. The van der Waals surface area contributed by atoms with E-state index in [1.165, 1.54) is 49.8 Å². The van der Waals surface area contributed by atoms with Crippen molar-refractivity contribution in [2.24, 2.45) is 5.92 Å². The SMILES string of the molecule is C1CCC(Cc2nc3c(c(NCC4CCCO4)n2)CCNCC3)CC1. The normalized spacial score (nSPS) is 24.7. The Hall–Kier alpha value is -1.20. The molecule has 1 saturated heterocycles. The highest BCUT2D eigenvalue weighted by Gasteiger charge is 2.21. The van der Waals surface area contributed by atoms with Gasteiger partial charge in [0.15, 0.2) is 0 Å². The van der Waals surface area contributed by atoms with E-state index in [-0.39, 0.29) is 0 Å². The molecule has 1 aliphatic carbocycles. The fourth-order valence-electron chi connectivity index (χ4n) is 4.50. The van der Waals surface area contributed by atoms with Gasteiger partial charge in [0.2, 0.25) is 0 Å². The highest BCUT2D eigenvalue weighted by Crippen LogP contribution is 2.28. The van der Waals surface area contributed by atoms with Gasteiger partial charge in [0, 0.05) is 38.1 Å². The number of hydrogen-bond donors (Lipinski definition) is 2. The van der Waals surface area contributed by atoms with Crippen molar-refractivity contribution < 1.29 is 4.74 Å². The Kier molecular flexibility index (Phi) is 5.83. The van der Waals surface area contributed by atoms with Gasteiger partial charge in [-0.25, -0.2) is 9.97 Å². The molecule has 2 N–H and O–H groups in total. The molecule has 2 aliphatic heterocycles. The Balaban J connectivity index is 1.52. The van der Waals surface area contributed by atoms with Crippen molar-refractivity contribution >= 4 is 5.82 Å². The minimum absolute atomic E-state index is 0.344. The molecule has 0 bridgehead atoms. The molecule has 25 heavy (non-hydrogen) atoms. The van der Waals surface area contributed by atoms with Gasteiger partial charge in [-0.15, -0.1) is 0 Å². The van der Waals surface area contributed by atoms with Crippen molar-refractivity contribution in [2.75, 3.05) is 31.6 Å². The molecule has 4 rings (SSSR count). The molecule has 1 aromatic heterocycles. The maximum Gasteiger partial charge on any atom is 0.133 e. The van der Waals surface area contributed by atoms with E-state index in [1.807, 2.05) is 0 Å². The zero-order chi connectivity index (χ0) is 16.9. The average molecular weight is 345 g/mol. The summed E-state index contributed by atoms with van der Waals surface area (Å²) in [6.07, 6.45) is 12.6. The van der Waals surface area contributed by atoms with Gasteiger partial charge in [-0.2, -0.15) is 0 Å². The third-order valence-corrected chi connectivity index (χ3v) is 5.95. The van der Waals surface area contributed by atoms with Crippen LogP contribution in [0.4, 0.5) is 5.82 Å². The molecule has 1 saturated carbocycles. The summed E-state index contributed by atoms with van der Waals surface area (Å²) in [5.74, 6) is 2.92. The molecule has 0 spiro atoms. The van der Waals surface area contributed by atoms with Gasteiger partial charge in [-0.1, -0.05) is 32.1 Å². The third kappa shape index (κ3) is 4.50. The quantitative estimate of drug-likeness (QED) is 0.860. The Labute approximate surface area is 151 Å². The Morgan fingerprint density at radius 1 is 1.00 bits per heavy atom. The van der Waals surface area contributed by atoms with Crippen LogP contribution < -0.4 is 10.6 Å². The Morgan fingerprint density at radius 3 is 2.72 bits per heavy atom. The first-order valence-corrected chi connectivity index (χ1v) is 10.3. The lowest BCUT2D eigenvalue weighted by Gasteiger charge is -2.22. The van der Waals surface area contributed by atoms with Crippen molar-refractivity contribution in [2.45, 2.75) is 70.3 Å². The number of fused-ring (bicyclic) bond motifs is 1. The van der Waals surface area contributed by atoms with Crippen molar-refractivity contribution in [3.8, 4) is 0 Å². The zero-order valence-electron chi connectivity index (χ0n) is 15.4. The summed E-state index contributed by atoms with van der Waals surface area (Å²) < 4.78 is 5.78. The number of anilines is 1. The minimum Gasteiger partial charge on any atom is -0.376 e. The monoisotopic (exact) mass is 344 g/mol. The van der Waals surface area contributed by atoms with Crippen LogP contribution in [-0.2, 0) is 24.0 Å². The van der Waals surface area contributed by atoms with Crippen LogP contribution in [0.3, 0.4) is 0 Å². The molecule has 3 aliphatic rings. The highest BCUT2D eigenvalue weighted by atomic mass is 16.5. The molecule has 0 aromatic carbocycles. The second kappa shape index (κ2) is 8.45. The molecule has 138 valence electrons. The van der Waals surface area contributed by atoms with Gasteiger partial charge in [0.05, 0.1) is 11.8 Å². The van der Waals surface area contributed by atoms with Gasteiger partial charge in [-0.3, -0.25) is 0 Å². The number of nitrogens with zero attached hydrogens (tertiary/aromatic N) is 2. The van der Waals surface area contributed by atoms with E-state index < -0.39 is 0 Å². The topological polar surface area (TPSA) is 59.1 Å². The minimum atomic E-state index is 0.344. The van der Waals surface area contributed by atoms with E-state index in [9.17, 15) is 0 Å². The number of nitrogens with one attached hydrogen (secondary N) is 2. The van der Waals surface area contributed by atoms with E-state index >= 15 is 0 Å². The van der Waals surface area contributed by atoms with Crippen LogP contribution in [0.15, 0.2) is 0 Å². The van der Waals surface area contributed by atoms with Crippen LogP contribution in [0.1, 0.15) is 62.0 Å². The summed E-state index contributed by atoms with van der Waals surface area (Å²) in [7, 11) is 0.